The smallest absolute Gasteiger partial charge is 0.374 e. The molecule has 1 aromatic heterocycles. The normalized spacial score (nSPS) is 15.6. The summed E-state index contributed by atoms with van der Waals surface area (Å²) in [5.74, 6) is 1.71. The van der Waals surface area contributed by atoms with E-state index in [0.29, 0.717) is 17.0 Å². The number of hydrogen-bond acceptors (Lipinski definition) is 7. The third-order valence-electron chi connectivity index (χ3n) is 5.96. The van der Waals surface area contributed by atoms with Gasteiger partial charge in [-0.05, 0) is 84.0 Å². The first-order valence-corrected chi connectivity index (χ1v) is 13.2. The molecule has 1 N–H and O–H groups in total. The quantitative estimate of drug-likeness (QED) is 0.369. The van der Waals surface area contributed by atoms with Gasteiger partial charge in [-0.15, -0.1) is 0 Å². The van der Waals surface area contributed by atoms with Crippen molar-refractivity contribution in [2.24, 2.45) is 7.05 Å². The van der Waals surface area contributed by atoms with E-state index in [1.54, 1.807) is 10.6 Å². The van der Waals surface area contributed by atoms with Gasteiger partial charge in [-0.1, -0.05) is 0 Å². The number of benzene rings is 1. The van der Waals surface area contributed by atoms with Crippen molar-refractivity contribution in [2.45, 2.75) is 17.7 Å². The summed E-state index contributed by atoms with van der Waals surface area (Å²) in [7, 11) is 7.96. The first-order chi connectivity index (χ1) is 16.5. The number of oxazole rings is 1. The molecule has 0 unspecified atom stereocenters. The van der Waals surface area contributed by atoms with Crippen molar-refractivity contribution >= 4 is 27.3 Å². The van der Waals surface area contributed by atoms with Gasteiger partial charge < -0.3 is 24.0 Å². The SMILES string of the molecule is CN(C)CCCN(CCCN(C)C)C1=C/C(=C/c2oc3ccc(S(=O)(=O)O)cc3[n+]2C)C=CN1C. The van der Waals surface area contributed by atoms with E-state index in [2.05, 4.69) is 60.9 Å². The van der Waals surface area contributed by atoms with Gasteiger partial charge in [-0.2, -0.15) is 13.0 Å². The maximum atomic E-state index is 11.5. The maximum absolute atomic E-state index is 11.5. The molecule has 2 heterocycles. The van der Waals surface area contributed by atoms with E-state index in [0.717, 1.165) is 50.4 Å². The third-order valence-corrected chi connectivity index (χ3v) is 6.81. The minimum Gasteiger partial charge on any atom is -0.398 e. The zero-order valence-electron chi connectivity index (χ0n) is 21.6. The lowest BCUT2D eigenvalue weighted by Crippen LogP contribution is -2.35. The Kier molecular flexibility index (Phi) is 8.76. The van der Waals surface area contributed by atoms with Crippen LogP contribution in [0.25, 0.3) is 17.2 Å². The lowest BCUT2D eigenvalue weighted by Gasteiger charge is -2.34. The molecule has 10 heteroatoms. The van der Waals surface area contributed by atoms with Crippen LogP contribution in [0.15, 0.2) is 57.3 Å². The van der Waals surface area contributed by atoms with Crippen molar-refractivity contribution in [1.29, 1.82) is 0 Å². The van der Waals surface area contributed by atoms with Gasteiger partial charge in [0.15, 0.2) is 0 Å². The van der Waals surface area contributed by atoms with E-state index in [4.69, 9.17) is 4.42 Å². The summed E-state index contributed by atoms with van der Waals surface area (Å²) in [6.07, 6.45) is 10.3. The van der Waals surface area contributed by atoms with Gasteiger partial charge in [0.1, 0.15) is 17.8 Å². The van der Waals surface area contributed by atoms with Crippen LogP contribution in [0.2, 0.25) is 0 Å². The molecule has 0 spiro atoms. The largest absolute Gasteiger partial charge is 0.398 e. The van der Waals surface area contributed by atoms with Gasteiger partial charge in [0.05, 0.1) is 6.08 Å². The summed E-state index contributed by atoms with van der Waals surface area (Å²) >= 11 is 0. The van der Waals surface area contributed by atoms with Crippen LogP contribution in [0.1, 0.15) is 18.7 Å². The zero-order valence-corrected chi connectivity index (χ0v) is 22.4. The molecule has 0 bridgehead atoms. The molecule has 0 atom stereocenters. The van der Waals surface area contributed by atoms with Gasteiger partial charge in [-0.25, -0.2) is 0 Å². The number of fused-ring (bicyclic) bond motifs is 1. The molecule has 0 saturated carbocycles. The van der Waals surface area contributed by atoms with E-state index < -0.39 is 10.1 Å². The van der Waals surface area contributed by atoms with E-state index >= 15 is 0 Å². The summed E-state index contributed by atoms with van der Waals surface area (Å²) < 4.78 is 40.2. The fourth-order valence-corrected chi connectivity index (χ4v) is 4.55. The van der Waals surface area contributed by atoms with Gasteiger partial charge in [0.25, 0.3) is 15.6 Å². The molecule has 3 rings (SSSR count). The molecule has 0 amide bonds. The molecular formula is C25H38N5O4S+. The second kappa shape index (κ2) is 11.4. The van der Waals surface area contributed by atoms with Crippen molar-refractivity contribution in [3.8, 4) is 0 Å². The van der Waals surface area contributed by atoms with E-state index in [9.17, 15) is 13.0 Å². The van der Waals surface area contributed by atoms with Crippen LogP contribution < -0.4 is 4.57 Å². The summed E-state index contributed by atoms with van der Waals surface area (Å²) in [6.45, 7) is 3.97. The zero-order chi connectivity index (χ0) is 25.8. The van der Waals surface area contributed by atoms with Crippen LogP contribution in [0.3, 0.4) is 0 Å². The van der Waals surface area contributed by atoms with Crippen LogP contribution >= 0.6 is 0 Å². The number of nitrogens with zero attached hydrogens (tertiary/aromatic N) is 5. The lowest BCUT2D eigenvalue weighted by atomic mass is 10.1. The van der Waals surface area contributed by atoms with Crippen LogP contribution in [0.5, 0.6) is 0 Å². The Morgan fingerprint density at radius 3 is 2.26 bits per heavy atom. The third kappa shape index (κ3) is 7.17. The molecular weight excluding hydrogens is 466 g/mol. The van der Waals surface area contributed by atoms with Crippen molar-refractivity contribution < 1.29 is 22.0 Å². The molecule has 0 aliphatic carbocycles. The number of allylic oxidation sites excluding steroid dienone is 3. The Hall–Kier alpha value is -2.66. The fraction of sp³-hybridized carbons (Fsp3) is 0.480. The predicted octanol–water partition coefficient (Wildman–Crippen LogP) is 2.39. The lowest BCUT2D eigenvalue weighted by molar-refractivity contribution is -0.652. The van der Waals surface area contributed by atoms with Crippen molar-refractivity contribution in [2.75, 3.05) is 61.4 Å². The van der Waals surface area contributed by atoms with Gasteiger partial charge in [0.2, 0.25) is 5.58 Å². The van der Waals surface area contributed by atoms with Crippen LogP contribution in [-0.4, -0.2) is 94.0 Å². The Bertz CT molecular complexity index is 1210. The number of aryl methyl sites for hydroxylation is 1. The topological polar surface area (TPSA) is 84.3 Å². The minimum absolute atomic E-state index is 0.159. The second-order valence-corrected chi connectivity index (χ2v) is 10.9. The summed E-state index contributed by atoms with van der Waals surface area (Å²) in [5.41, 5.74) is 2.11. The number of aromatic nitrogens is 1. The summed E-state index contributed by atoms with van der Waals surface area (Å²) in [4.78, 5) is 8.82. The van der Waals surface area contributed by atoms with Crippen molar-refractivity contribution in [3.05, 3.63) is 53.8 Å². The average Bonchev–Trinajstić information content (AvgIpc) is 3.08. The molecule has 1 aromatic carbocycles. The molecule has 192 valence electrons. The van der Waals surface area contributed by atoms with Crippen molar-refractivity contribution in [3.63, 3.8) is 0 Å². The minimum atomic E-state index is -4.29. The molecule has 0 saturated heterocycles. The highest BCUT2D eigenvalue weighted by Crippen LogP contribution is 2.23. The molecule has 35 heavy (non-hydrogen) atoms. The molecule has 1 aliphatic heterocycles. The highest BCUT2D eigenvalue weighted by molar-refractivity contribution is 7.85. The Morgan fingerprint density at radius 1 is 1.06 bits per heavy atom. The van der Waals surface area contributed by atoms with E-state index in [1.165, 1.54) is 12.1 Å². The van der Waals surface area contributed by atoms with Gasteiger partial charge >= 0.3 is 5.89 Å². The molecule has 1 aliphatic rings. The highest BCUT2D eigenvalue weighted by atomic mass is 32.2. The van der Waals surface area contributed by atoms with Gasteiger partial charge in [-0.3, -0.25) is 4.55 Å². The van der Waals surface area contributed by atoms with Crippen LogP contribution in [0, 0.1) is 0 Å². The summed E-state index contributed by atoms with van der Waals surface area (Å²) in [6, 6.07) is 4.31. The van der Waals surface area contributed by atoms with Gasteiger partial charge in [0, 0.05) is 32.4 Å². The molecule has 9 nitrogen and oxygen atoms in total. The predicted molar refractivity (Wildman–Crippen MR) is 138 cm³/mol. The fourth-order valence-electron chi connectivity index (χ4n) is 4.05. The standard InChI is InChI=1S/C25H37N5O4S/c1-26(2)12-7-14-30(15-8-13-27(3)4)24-17-20(11-16-28(24)5)18-25-29(6)22-19-21(35(31,32)33)9-10-23(22)34-25/h9-11,16-19H,7-8,12-15H2,1-6H3/p+1. The first-order valence-electron chi connectivity index (χ1n) is 11.7. The maximum Gasteiger partial charge on any atom is 0.374 e. The molecule has 0 fully saturated rings. The summed E-state index contributed by atoms with van der Waals surface area (Å²) in [5, 5.41) is 0. The average molecular weight is 505 g/mol. The molecule has 0 radical (unpaired) electrons. The Balaban J connectivity index is 1.91. The van der Waals surface area contributed by atoms with E-state index in [-0.39, 0.29) is 4.90 Å². The second-order valence-electron chi connectivity index (χ2n) is 9.48. The van der Waals surface area contributed by atoms with E-state index in [1.807, 2.05) is 25.4 Å². The Morgan fingerprint density at radius 2 is 1.69 bits per heavy atom. The highest BCUT2D eigenvalue weighted by Gasteiger charge is 2.22. The van der Waals surface area contributed by atoms with Crippen molar-refractivity contribution in [1.82, 2.24) is 19.6 Å². The number of rotatable bonds is 11. The first kappa shape index (κ1) is 26.9. The Labute approximate surface area is 208 Å². The number of hydrogen-bond donors (Lipinski definition) is 1. The van der Waals surface area contributed by atoms with Crippen LogP contribution in [-0.2, 0) is 17.2 Å². The molecule has 2 aromatic rings. The van der Waals surface area contributed by atoms with Crippen LogP contribution in [0.4, 0.5) is 0 Å². The monoisotopic (exact) mass is 504 g/mol.